The molecule has 34 heavy (non-hydrogen) atoms. The van der Waals surface area contributed by atoms with Crippen LogP contribution in [0.2, 0.25) is 0 Å². The van der Waals surface area contributed by atoms with Crippen LogP contribution in [-0.4, -0.2) is 26.8 Å². The Morgan fingerprint density at radius 2 is 1.82 bits per heavy atom. The van der Waals surface area contributed by atoms with Crippen molar-refractivity contribution in [3.8, 4) is 17.1 Å². The molecule has 1 unspecified atom stereocenters. The van der Waals surface area contributed by atoms with E-state index in [0.29, 0.717) is 29.1 Å². The monoisotopic (exact) mass is 476 g/mol. The van der Waals surface area contributed by atoms with Crippen LogP contribution in [0.15, 0.2) is 41.6 Å². The standard InChI is InChI=1S/C27H32N4O2S/c1-7-8-23(32)31-22-12-10-18(5)14-21(22)24-25(28-27(30-29-24)34-15-16(2)3)33-26(31)20-11-9-17(4)13-19(20)6/h9-14,16,26H,7-8,15H2,1-6H3. The molecule has 1 amide bonds. The average Bonchev–Trinajstić information content (AvgIpc) is 2.92. The molecule has 1 atom stereocenters. The number of aryl methyl sites for hydroxylation is 3. The number of hydrogen-bond donors (Lipinski definition) is 0. The highest BCUT2D eigenvalue weighted by atomic mass is 32.2. The minimum Gasteiger partial charge on any atom is -0.447 e. The molecule has 0 fully saturated rings. The van der Waals surface area contributed by atoms with Crippen molar-refractivity contribution in [2.75, 3.05) is 10.7 Å². The largest absolute Gasteiger partial charge is 0.447 e. The molecule has 0 saturated carbocycles. The van der Waals surface area contributed by atoms with Crippen molar-refractivity contribution in [1.29, 1.82) is 0 Å². The van der Waals surface area contributed by atoms with Gasteiger partial charge in [-0.3, -0.25) is 9.69 Å². The second-order valence-electron chi connectivity index (χ2n) is 9.32. The van der Waals surface area contributed by atoms with E-state index in [0.717, 1.165) is 45.7 Å². The Kier molecular flexibility index (Phi) is 7.22. The third kappa shape index (κ3) is 4.94. The van der Waals surface area contributed by atoms with Gasteiger partial charge in [-0.25, -0.2) is 0 Å². The Bertz CT molecular complexity index is 1210. The van der Waals surface area contributed by atoms with Gasteiger partial charge in [-0.15, -0.1) is 10.2 Å². The molecule has 0 aliphatic carbocycles. The van der Waals surface area contributed by atoms with E-state index >= 15 is 0 Å². The second-order valence-corrected chi connectivity index (χ2v) is 10.3. The van der Waals surface area contributed by atoms with Gasteiger partial charge in [0.05, 0.1) is 5.69 Å². The van der Waals surface area contributed by atoms with Crippen LogP contribution in [0.25, 0.3) is 11.3 Å². The van der Waals surface area contributed by atoms with Gasteiger partial charge in [0.15, 0.2) is 5.69 Å². The zero-order valence-corrected chi connectivity index (χ0v) is 21.6. The maximum absolute atomic E-state index is 13.5. The highest BCUT2D eigenvalue weighted by molar-refractivity contribution is 7.99. The Morgan fingerprint density at radius 3 is 2.53 bits per heavy atom. The third-order valence-electron chi connectivity index (χ3n) is 5.73. The smallest absolute Gasteiger partial charge is 0.247 e. The molecule has 1 aliphatic rings. The Hall–Kier alpha value is -2.93. The van der Waals surface area contributed by atoms with Gasteiger partial charge in [0.2, 0.25) is 23.2 Å². The van der Waals surface area contributed by atoms with Crippen LogP contribution in [0.3, 0.4) is 0 Å². The normalized spacial score (nSPS) is 14.9. The lowest BCUT2D eigenvalue weighted by Crippen LogP contribution is -2.38. The van der Waals surface area contributed by atoms with Gasteiger partial charge >= 0.3 is 0 Å². The van der Waals surface area contributed by atoms with E-state index in [2.05, 4.69) is 50.0 Å². The molecule has 0 bridgehead atoms. The number of amides is 1. The summed E-state index contributed by atoms with van der Waals surface area (Å²) < 4.78 is 6.59. The maximum Gasteiger partial charge on any atom is 0.247 e. The molecule has 1 aliphatic heterocycles. The summed E-state index contributed by atoms with van der Waals surface area (Å²) >= 11 is 1.56. The molecule has 4 rings (SSSR count). The van der Waals surface area contributed by atoms with Crippen LogP contribution in [-0.2, 0) is 4.79 Å². The SMILES string of the molecule is CCCC(=O)N1c2ccc(C)cc2-c2nnc(SCC(C)C)nc2OC1c1ccc(C)cc1C. The molecule has 2 aromatic carbocycles. The number of carbonyl (C=O) groups excluding carboxylic acids is 1. The lowest BCUT2D eigenvalue weighted by molar-refractivity contribution is -0.120. The minimum atomic E-state index is -0.651. The lowest BCUT2D eigenvalue weighted by Gasteiger charge is -2.32. The summed E-state index contributed by atoms with van der Waals surface area (Å²) in [5.74, 6) is 1.80. The first kappa shape index (κ1) is 24.2. The van der Waals surface area contributed by atoms with Crippen molar-refractivity contribution in [3.05, 3.63) is 58.7 Å². The number of hydrogen-bond acceptors (Lipinski definition) is 6. The number of benzene rings is 2. The highest BCUT2D eigenvalue weighted by Crippen LogP contribution is 2.44. The van der Waals surface area contributed by atoms with E-state index in [4.69, 9.17) is 9.72 Å². The van der Waals surface area contributed by atoms with Crippen molar-refractivity contribution in [1.82, 2.24) is 15.2 Å². The van der Waals surface area contributed by atoms with Gasteiger partial charge < -0.3 is 4.74 Å². The van der Waals surface area contributed by atoms with Crippen molar-refractivity contribution >= 4 is 23.4 Å². The third-order valence-corrected chi connectivity index (χ3v) is 6.99. The first-order valence-corrected chi connectivity index (χ1v) is 12.8. The van der Waals surface area contributed by atoms with Crippen LogP contribution >= 0.6 is 11.8 Å². The topological polar surface area (TPSA) is 68.2 Å². The predicted octanol–water partition coefficient (Wildman–Crippen LogP) is 6.44. The molecule has 0 saturated heterocycles. The van der Waals surface area contributed by atoms with Gasteiger partial charge in [0, 0.05) is 23.3 Å². The van der Waals surface area contributed by atoms with E-state index in [1.165, 1.54) is 0 Å². The van der Waals surface area contributed by atoms with Gasteiger partial charge in [-0.1, -0.05) is 67.9 Å². The van der Waals surface area contributed by atoms with E-state index in [1.54, 1.807) is 16.7 Å². The number of aromatic nitrogens is 3. The van der Waals surface area contributed by atoms with Gasteiger partial charge in [0.1, 0.15) is 0 Å². The van der Waals surface area contributed by atoms with E-state index in [1.807, 2.05) is 38.1 Å². The molecule has 2 heterocycles. The van der Waals surface area contributed by atoms with Crippen molar-refractivity contribution < 1.29 is 9.53 Å². The summed E-state index contributed by atoms with van der Waals surface area (Å²) in [5, 5.41) is 9.51. The number of ether oxygens (including phenoxy) is 1. The summed E-state index contributed by atoms with van der Waals surface area (Å²) in [7, 11) is 0. The molecule has 0 spiro atoms. The molecular weight excluding hydrogens is 444 g/mol. The fourth-order valence-electron chi connectivity index (χ4n) is 4.09. The van der Waals surface area contributed by atoms with E-state index < -0.39 is 6.23 Å². The first-order chi connectivity index (χ1) is 16.3. The number of fused-ring (bicyclic) bond motifs is 3. The predicted molar refractivity (Wildman–Crippen MR) is 137 cm³/mol. The summed E-state index contributed by atoms with van der Waals surface area (Å²) in [4.78, 5) is 20.1. The van der Waals surface area contributed by atoms with Crippen LogP contribution in [0.5, 0.6) is 5.88 Å². The Labute approximate surface area is 206 Å². The van der Waals surface area contributed by atoms with Gasteiger partial charge in [0.25, 0.3) is 0 Å². The summed E-state index contributed by atoms with van der Waals surface area (Å²) in [5.41, 5.74) is 6.37. The van der Waals surface area contributed by atoms with Crippen LogP contribution in [0, 0.1) is 26.7 Å². The fraction of sp³-hybridized carbons (Fsp3) is 0.407. The quantitative estimate of drug-likeness (QED) is 0.382. The summed E-state index contributed by atoms with van der Waals surface area (Å²) in [6.07, 6.45) is 0.516. The lowest BCUT2D eigenvalue weighted by atomic mass is 10.0. The zero-order chi connectivity index (χ0) is 24.4. The van der Waals surface area contributed by atoms with Crippen LogP contribution in [0.4, 0.5) is 5.69 Å². The Balaban J connectivity index is 1.93. The maximum atomic E-state index is 13.5. The highest BCUT2D eigenvalue weighted by Gasteiger charge is 2.36. The number of thioether (sulfide) groups is 1. The zero-order valence-electron chi connectivity index (χ0n) is 20.8. The Morgan fingerprint density at radius 1 is 1.09 bits per heavy atom. The number of anilines is 1. The molecule has 0 N–H and O–H groups in total. The van der Waals surface area contributed by atoms with E-state index in [-0.39, 0.29) is 5.91 Å². The van der Waals surface area contributed by atoms with E-state index in [9.17, 15) is 4.79 Å². The number of carbonyl (C=O) groups is 1. The van der Waals surface area contributed by atoms with Crippen LogP contribution < -0.4 is 9.64 Å². The molecular formula is C27H32N4O2S. The molecule has 3 aromatic rings. The average molecular weight is 477 g/mol. The fourth-order valence-corrected chi connectivity index (χ4v) is 4.82. The molecule has 7 heteroatoms. The number of rotatable bonds is 6. The first-order valence-electron chi connectivity index (χ1n) is 11.8. The summed E-state index contributed by atoms with van der Waals surface area (Å²) in [6.45, 7) is 12.5. The van der Waals surface area contributed by atoms with Gasteiger partial charge in [-0.05, 0) is 50.8 Å². The van der Waals surface area contributed by atoms with Crippen molar-refractivity contribution in [3.63, 3.8) is 0 Å². The number of nitrogens with zero attached hydrogens (tertiary/aromatic N) is 4. The molecule has 6 nitrogen and oxygen atoms in total. The van der Waals surface area contributed by atoms with Crippen LogP contribution in [0.1, 0.15) is 62.1 Å². The molecule has 178 valence electrons. The second kappa shape index (κ2) is 10.1. The minimum absolute atomic E-state index is 0.00718. The molecule has 0 radical (unpaired) electrons. The van der Waals surface area contributed by atoms with Gasteiger partial charge in [-0.2, -0.15) is 4.98 Å². The van der Waals surface area contributed by atoms with Crippen molar-refractivity contribution in [2.24, 2.45) is 5.92 Å². The molecule has 1 aromatic heterocycles. The van der Waals surface area contributed by atoms with Crippen molar-refractivity contribution in [2.45, 2.75) is 65.8 Å². The summed E-state index contributed by atoms with van der Waals surface area (Å²) in [6, 6.07) is 12.2.